The van der Waals surface area contributed by atoms with Crippen LogP contribution >= 0.6 is 0 Å². The summed E-state index contributed by atoms with van der Waals surface area (Å²) in [5.41, 5.74) is 0. The molecule has 0 radical (unpaired) electrons. The zero-order valence-corrected chi connectivity index (χ0v) is 3.50. The summed E-state index contributed by atoms with van der Waals surface area (Å²) in [5, 5.41) is 0. The summed E-state index contributed by atoms with van der Waals surface area (Å²) in [5.74, 6) is 0. The van der Waals surface area contributed by atoms with E-state index in [9.17, 15) is 0 Å². The molecule has 0 N–H and O–H groups in total. The summed E-state index contributed by atoms with van der Waals surface area (Å²) < 4.78 is 17.8. The molecule has 0 saturated heterocycles. The van der Waals surface area contributed by atoms with Gasteiger partial charge >= 0.3 is 31.4 Å². The van der Waals surface area contributed by atoms with Crippen LogP contribution in [-0.4, -0.2) is 8.42 Å². The first kappa shape index (κ1) is 4.34. The normalized spacial score (nSPS) is 6.00. The first-order valence-corrected chi connectivity index (χ1v) is 2.79. The Hall–Kier alpha value is 0.339. The number of rotatable bonds is 0. The topological polar surface area (TPSA) is 34.1 Å². The van der Waals surface area contributed by atoms with E-state index in [1.807, 2.05) is 0 Å². The van der Waals surface area contributed by atoms with Gasteiger partial charge in [-0.2, -0.15) is 0 Å². The molecule has 0 bridgehead atoms. The molecular weight excluding hydrogens is 120 g/mol. The van der Waals surface area contributed by atoms with Crippen LogP contribution in [0.2, 0.25) is 0 Å². The fourth-order valence-corrected chi connectivity index (χ4v) is 0. The Morgan fingerprint density at radius 1 is 1.50 bits per heavy atom. The standard InChI is InChI=1S/Fe.O2S/c;1-3-2/q+1;. The third-order valence-electron chi connectivity index (χ3n) is 0. The predicted octanol–water partition coefficient (Wildman–Crippen LogP) is -0.673. The van der Waals surface area contributed by atoms with Gasteiger partial charge in [0.15, 0.2) is 0 Å². The third kappa shape index (κ3) is 36.4. The van der Waals surface area contributed by atoms with Crippen molar-refractivity contribution in [3.8, 4) is 0 Å². The van der Waals surface area contributed by atoms with E-state index in [4.69, 9.17) is 8.42 Å². The van der Waals surface area contributed by atoms with Gasteiger partial charge in [0.2, 0.25) is 0 Å². The van der Waals surface area contributed by atoms with Gasteiger partial charge in [0.1, 0.15) is 0 Å². The van der Waals surface area contributed by atoms with Gasteiger partial charge in [-0.1, -0.05) is 0 Å². The Balaban J connectivity index is 4.65. The summed E-state index contributed by atoms with van der Waals surface area (Å²) in [4.78, 5) is 0. The fourth-order valence-electron chi connectivity index (χ4n) is 0. The molecule has 0 unspecified atom stereocenters. The molecule has 0 aromatic rings. The maximum atomic E-state index is 8.89. The van der Waals surface area contributed by atoms with Crippen LogP contribution < -0.4 is 0 Å². The van der Waals surface area contributed by atoms with Crippen LogP contribution in [0.4, 0.5) is 0 Å². The van der Waals surface area contributed by atoms with Gasteiger partial charge in [0.05, 0.1) is 0 Å². The van der Waals surface area contributed by atoms with E-state index >= 15 is 0 Å². The molecule has 0 saturated carbocycles. The van der Waals surface area contributed by atoms with Crippen molar-refractivity contribution in [2.24, 2.45) is 0 Å². The van der Waals surface area contributed by atoms with Crippen molar-refractivity contribution >= 4 is 8.63 Å². The second-order valence-corrected chi connectivity index (χ2v) is 1.66. The molecule has 0 amide bonds. The third-order valence-corrected chi connectivity index (χ3v) is 0. The zero-order valence-electron chi connectivity index (χ0n) is 1.58. The summed E-state index contributed by atoms with van der Waals surface area (Å²) >= 11 is 2.56. The monoisotopic (exact) mass is 120 g/mol. The summed E-state index contributed by atoms with van der Waals surface area (Å²) in [7, 11) is -2.11. The van der Waals surface area contributed by atoms with E-state index in [0.29, 0.717) is 0 Å². The van der Waals surface area contributed by atoms with Gasteiger partial charge in [0, 0.05) is 0 Å². The molecule has 0 atom stereocenters. The molecule has 0 heterocycles. The van der Waals surface area contributed by atoms with E-state index in [1.165, 1.54) is 0 Å². The first-order chi connectivity index (χ1) is 1.73. The van der Waals surface area contributed by atoms with E-state index in [0.717, 1.165) is 0 Å². The van der Waals surface area contributed by atoms with Gasteiger partial charge in [0.25, 0.3) is 0 Å². The van der Waals surface area contributed by atoms with Gasteiger partial charge in [-0.3, -0.25) is 0 Å². The molecule has 0 aliphatic rings. The molecule has 0 spiro atoms. The number of hydrogen-bond acceptors (Lipinski definition) is 2. The van der Waals surface area contributed by atoms with Gasteiger partial charge in [-0.15, -0.1) is 0 Å². The van der Waals surface area contributed by atoms with Crippen LogP contribution in [0.5, 0.6) is 0 Å². The van der Waals surface area contributed by atoms with Crippen molar-refractivity contribution in [2.75, 3.05) is 0 Å². The van der Waals surface area contributed by atoms with Crippen molar-refractivity contribution in [2.45, 2.75) is 0 Å². The number of hydrogen-bond donors (Lipinski definition) is 0. The summed E-state index contributed by atoms with van der Waals surface area (Å²) in [6.07, 6.45) is 0. The van der Waals surface area contributed by atoms with Gasteiger partial charge < -0.3 is 0 Å². The van der Waals surface area contributed by atoms with E-state index in [-0.39, 0.29) is 0 Å². The van der Waals surface area contributed by atoms with E-state index in [1.54, 1.807) is 0 Å². The van der Waals surface area contributed by atoms with Crippen LogP contribution in [-0.2, 0) is 23.0 Å². The second kappa shape index (κ2) is 1.64. The van der Waals surface area contributed by atoms with Crippen molar-refractivity contribution in [3.05, 3.63) is 0 Å². The van der Waals surface area contributed by atoms with Crippen LogP contribution in [0.1, 0.15) is 0 Å². The quantitative estimate of drug-likeness (QED) is 0.397. The van der Waals surface area contributed by atoms with Crippen molar-refractivity contribution < 1.29 is 22.8 Å². The second-order valence-electron chi connectivity index (χ2n) is 0.186. The minimum atomic E-state index is -2.11. The molecule has 25 valence electrons. The molecule has 0 aromatic carbocycles. The van der Waals surface area contributed by atoms with Crippen LogP contribution in [0.3, 0.4) is 0 Å². The molecule has 4 heavy (non-hydrogen) atoms. The molecule has 0 rings (SSSR count). The molecule has 4 heteroatoms. The van der Waals surface area contributed by atoms with E-state index < -0.39 is 8.63 Å². The Morgan fingerprint density at radius 3 is 1.50 bits per heavy atom. The maximum absolute atomic E-state index is 8.89. The van der Waals surface area contributed by atoms with Crippen LogP contribution in [0.15, 0.2) is 0 Å². The van der Waals surface area contributed by atoms with Gasteiger partial charge in [-0.25, -0.2) is 0 Å². The molecule has 0 fully saturated rings. The van der Waals surface area contributed by atoms with Crippen molar-refractivity contribution in [1.82, 2.24) is 0 Å². The summed E-state index contributed by atoms with van der Waals surface area (Å²) in [6, 6.07) is 0. The van der Waals surface area contributed by atoms with Gasteiger partial charge in [-0.05, 0) is 0 Å². The average Bonchev–Trinajstić information content (AvgIpc) is 0.811. The Morgan fingerprint density at radius 2 is 1.50 bits per heavy atom. The van der Waals surface area contributed by atoms with Crippen molar-refractivity contribution in [1.29, 1.82) is 0 Å². The molecule has 0 aliphatic heterocycles. The summed E-state index contributed by atoms with van der Waals surface area (Å²) in [6.45, 7) is 0. The van der Waals surface area contributed by atoms with E-state index in [2.05, 4.69) is 14.4 Å². The molecular formula is FeO2S+. The average molecular weight is 120 g/mol. The van der Waals surface area contributed by atoms with Crippen LogP contribution in [0, 0.1) is 0 Å². The molecule has 0 aromatic heterocycles. The SMILES string of the molecule is O=[S](=O)=[Fe+]. The Kier molecular flexibility index (Phi) is 1.78. The minimum absolute atomic E-state index is 2.11. The predicted molar refractivity (Wildman–Crippen MR) is 8.92 cm³/mol. The van der Waals surface area contributed by atoms with Crippen molar-refractivity contribution in [3.63, 3.8) is 0 Å². The fraction of sp³-hybridized carbons (Fsp3) is 0. The Labute approximate surface area is 32.0 Å². The zero-order chi connectivity index (χ0) is 3.58. The van der Waals surface area contributed by atoms with Crippen LogP contribution in [0.25, 0.3) is 0 Å². The first-order valence-electron chi connectivity index (χ1n) is 0.478. The Bertz CT molecular complexity index is 75.4. The molecule has 2 nitrogen and oxygen atoms in total. The molecule has 0 aliphatic carbocycles.